The lowest BCUT2D eigenvalue weighted by Crippen LogP contribution is -2.00. The molecule has 2 rings (SSSR count). The molecule has 15 heavy (non-hydrogen) atoms. The van der Waals surface area contributed by atoms with Crippen LogP contribution in [0.5, 0.6) is 0 Å². The zero-order valence-electron chi connectivity index (χ0n) is 8.14. The molecular formula is C13H11ClO. The van der Waals surface area contributed by atoms with Gasteiger partial charge in [-0.2, -0.15) is 0 Å². The number of benzene rings is 2. The second-order valence-corrected chi connectivity index (χ2v) is 3.47. The summed E-state index contributed by atoms with van der Waals surface area (Å²) in [6, 6.07) is 19.8. The summed E-state index contributed by atoms with van der Waals surface area (Å²) in [6.07, 6.45) is -0.200. The smallest absolute Gasteiger partial charge is 0.129 e. The van der Waals surface area contributed by atoms with Crippen LogP contribution in [0.25, 0.3) is 0 Å². The molecule has 2 aromatic carbocycles. The minimum Gasteiger partial charge on any atom is -0.266 e. The Morgan fingerprint density at radius 2 is 1.13 bits per heavy atom. The van der Waals surface area contributed by atoms with Crippen molar-refractivity contribution < 1.29 is 4.29 Å². The molecule has 0 spiro atoms. The van der Waals surface area contributed by atoms with Crippen molar-refractivity contribution in [1.29, 1.82) is 0 Å². The molecule has 0 amide bonds. The Labute approximate surface area is 94.4 Å². The van der Waals surface area contributed by atoms with Crippen molar-refractivity contribution in [2.45, 2.75) is 6.10 Å². The van der Waals surface area contributed by atoms with Crippen LogP contribution in [0.1, 0.15) is 17.2 Å². The fourth-order valence-corrected chi connectivity index (χ4v) is 1.76. The Kier molecular flexibility index (Phi) is 3.38. The highest BCUT2D eigenvalue weighted by atomic mass is 35.5. The molecule has 76 valence electrons. The van der Waals surface area contributed by atoms with Gasteiger partial charge in [-0.25, -0.2) is 0 Å². The van der Waals surface area contributed by atoms with Gasteiger partial charge in [-0.15, -0.1) is 0 Å². The average molecular weight is 219 g/mol. The van der Waals surface area contributed by atoms with Crippen LogP contribution in [0.4, 0.5) is 0 Å². The quantitative estimate of drug-likeness (QED) is 0.758. The third-order valence-corrected chi connectivity index (χ3v) is 2.47. The van der Waals surface area contributed by atoms with E-state index in [0.29, 0.717) is 0 Å². The Morgan fingerprint density at radius 3 is 1.47 bits per heavy atom. The Balaban J connectivity index is 2.34. The second-order valence-electron chi connectivity index (χ2n) is 3.29. The summed E-state index contributed by atoms with van der Waals surface area (Å²) in [4.78, 5) is 0. The molecule has 0 bridgehead atoms. The number of halogens is 1. The first kappa shape index (κ1) is 10.2. The molecule has 0 aliphatic rings. The summed E-state index contributed by atoms with van der Waals surface area (Å²) in [6.45, 7) is 0. The van der Waals surface area contributed by atoms with Gasteiger partial charge in [0.2, 0.25) is 0 Å². The number of hydrogen-bond acceptors (Lipinski definition) is 1. The molecule has 1 nitrogen and oxygen atoms in total. The van der Waals surface area contributed by atoms with Gasteiger partial charge in [0.1, 0.15) is 6.10 Å². The molecule has 2 aromatic rings. The standard InChI is InChI=1S/C13H11ClO/c14-15-13(11-7-3-1-4-8-11)12-9-5-2-6-10-12/h1-10,13H. The molecule has 0 saturated carbocycles. The first-order valence-corrected chi connectivity index (χ1v) is 5.10. The summed E-state index contributed by atoms with van der Waals surface area (Å²) in [7, 11) is 0. The van der Waals surface area contributed by atoms with Crippen LogP contribution in [-0.4, -0.2) is 0 Å². The van der Waals surface area contributed by atoms with Crippen molar-refractivity contribution in [2.75, 3.05) is 0 Å². The van der Waals surface area contributed by atoms with Gasteiger partial charge >= 0.3 is 0 Å². The van der Waals surface area contributed by atoms with E-state index in [4.69, 9.17) is 16.2 Å². The van der Waals surface area contributed by atoms with E-state index in [9.17, 15) is 0 Å². The molecule has 0 aliphatic carbocycles. The maximum absolute atomic E-state index is 5.54. The first-order chi connectivity index (χ1) is 7.42. The van der Waals surface area contributed by atoms with E-state index in [0.717, 1.165) is 11.1 Å². The predicted octanol–water partition coefficient (Wildman–Crippen LogP) is 3.95. The van der Waals surface area contributed by atoms with Gasteiger partial charge in [0.15, 0.2) is 0 Å². The van der Waals surface area contributed by atoms with E-state index in [1.807, 2.05) is 60.7 Å². The maximum Gasteiger partial charge on any atom is 0.129 e. The third-order valence-electron chi connectivity index (χ3n) is 2.29. The zero-order valence-corrected chi connectivity index (χ0v) is 8.89. The SMILES string of the molecule is ClOC(c1ccccc1)c1ccccc1. The highest BCUT2D eigenvalue weighted by Gasteiger charge is 2.12. The Morgan fingerprint density at radius 1 is 0.733 bits per heavy atom. The molecular weight excluding hydrogens is 208 g/mol. The summed E-state index contributed by atoms with van der Waals surface area (Å²) < 4.78 is 4.99. The Bertz CT molecular complexity index is 360. The third kappa shape index (κ3) is 2.38. The summed E-state index contributed by atoms with van der Waals surface area (Å²) in [5, 5.41) is 0. The summed E-state index contributed by atoms with van der Waals surface area (Å²) in [5.74, 6) is 0. The fourth-order valence-electron chi connectivity index (χ4n) is 1.55. The van der Waals surface area contributed by atoms with Crippen molar-refractivity contribution in [3.05, 3.63) is 71.8 Å². The largest absolute Gasteiger partial charge is 0.266 e. The summed E-state index contributed by atoms with van der Waals surface area (Å²) >= 11 is 5.54. The first-order valence-electron chi connectivity index (χ1n) is 4.79. The molecule has 0 aliphatic heterocycles. The maximum atomic E-state index is 5.54. The van der Waals surface area contributed by atoms with E-state index in [1.165, 1.54) is 0 Å². The minimum atomic E-state index is -0.200. The molecule has 0 N–H and O–H groups in total. The second kappa shape index (κ2) is 4.96. The van der Waals surface area contributed by atoms with Gasteiger partial charge in [-0.1, -0.05) is 60.7 Å². The van der Waals surface area contributed by atoms with Crippen molar-refractivity contribution in [2.24, 2.45) is 0 Å². The molecule has 0 atom stereocenters. The van der Waals surface area contributed by atoms with Gasteiger partial charge in [-0.3, -0.25) is 4.29 Å². The lowest BCUT2D eigenvalue weighted by Gasteiger charge is -2.13. The average Bonchev–Trinajstić information content (AvgIpc) is 2.33. The topological polar surface area (TPSA) is 9.23 Å². The van der Waals surface area contributed by atoms with Crippen molar-refractivity contribution in [3.8, 4) is 0 Å². The zero-order chi connectivity index (χ0) is 10.5. The molecule has 0 unspecified atom stereocenters. The summed E-state index contributed by atoms with van der Waals surface area (Å²) in [5.41, 5.74) is 2.11. The fraction of sp³-hybridized carbons (Fsp3) is 0.0769. The van der Waals surface area contributed by atoms with E-state index in [1.54, 1.807) is 0 Å². The van der Waals surface area contributed by atoms with E-state index in [2.05, 4.69) is 0 Å². The van der Waals surface area contributed by atoms with Crippen molar-refractivity contribution in [1.82, 2.24) is 0 Å². The molecule has 0 aromatic heterocycles. The highest BCUT2D eigenvalue weighted by molar-refractivity contribution is 6.07. The van der Waals surface area contributed by atoms with Crippen LogP contribution in [0, 0.1) is 0 Å². The predicted molar refractivity (Wildman–Crippen MR) is 61.7 cm³/mol. The molecule has 0 radical (unpaired) electrons. The molecule has 0 heterocycles. The van der Waals surface area contributed by atoms with Crippen LogP contribution < -0.4 is 0 Å². The normalized spacial score (nSPS) is 10.5. The lowest BCUT2D eigenvalue weighted by atomic mass is 10.0. The molecule has 2 heteroatoms. The molecule has 0 fully saturated rings. The van der Waals surface area contributed by atoms with Gasteiger partial charge in [0.25, 0.3) is 0 Å². The molecule has 0 saturated heterocycles. The number of hydrogen-bond donors (Lipinski definition) is 0. The van der Waals surface area contributed by atoms with Gasteiger partial charge in [0, 0.05) is 0 Å². The Hall–Kier alpha value is -1.31. The van der Waals surface area contributed by atoms with E-state index >= 15 is 0 Å². The van der Waals surface area contributed by atoms with E-state index < -0.39 is 0 Å². The van der Waals surface area contributed by atoms with Gasteiger partial charge < -0.3 is 0 Å². The van der Waals surface area contributed by atoms with Crippen LogP contribution in [-0.2, 0) is 4.29 Å². The number of rotatable bonds is 3. The lowest BCUT2D eigenvalue weighted by molar-refractivity contribution is 0.275. The van der Waals surface area contributed by atoms with Crippen LogP contribution in [0.3, 0.4) is 0 Å². The van der Waals surface area contributed by atoms with Crippen LogP contribution >= 0.6 is 11.9 Å². The van der Waals surface area contributed by atoms with Crippen molar-refractivity contribution in [3.63, 3.8) is 0 Å². The van der Waals surface area contributed by atoms with Crippen LogP contribution in [0.2, 0.25) is 0 Å². The monoisotopic (exact) mass is 218 g/mol. The van der Waals surface area contributed by atoms with Crippen molar-refractivity contribution >= 4 is 11.9 Å². The minimum absolute atomic E-state index is 0.200. The van der Waals surface area contributed by atoms with Gasteiger partial charge in [0.05, 0.1) is 11.9 Å². The van der Waals surface area contributed by atoms with E-state index in [-0.39, 0.29) is 6.10 Å². The van der Waals surface area contributed by atoms with Gasteiger partial charge in [-0.05, 0) is 11.1 Å². The van der Waals surface area contributed by atoms with Crippen LogP contribution in [0.15, 0.2) is 60.7 Å². The highest BCUT2D eigenvalue weighted by Crippen LogP contribution is 2.26.